The fraction of sp³-hybridized carbons (Fsp3) is 0.455. The summed E-state index contributed by atoms with van der Waals surface area (Å²) < 4.78 is 68.2. The van der Waals surface area contributed by atoms with Crippen LogP contribution in [0.2, 0.25) is 25.7 Å². The second-order valence-corrected chi connectivity index (χ2v) is 21.0. The molecule has 1 heterocycles. The fourth-order valence-corrected chi connectivity index (χ4v) is 6.64. The van der Waals surface area contributed by atoms with Crippen molar-refractivity contribution in [2.75, 3.05) is 34.7 Å². The van der Waals surface area contributed by atoms with Crippen LogP contribution in [0.1, 0.15) is 65.5 Å². The minimum Gasteiger partial charge on any atom is -0.497 e. The van der Waals surface area contributed by atoms with Gasteiger partial charge in [-0.25, -0.2) is 14.0 Å². The number of benzene rings is 3. The van der Waals surface area contributed by atoms with Crippen molar-refractivity contribution < 1.29 is 56.6 Å². The molecule has 3 aromatic rings. The minimum atomic E-state index is -1.48. The summed E-state index contributed by atoms with van der Waals surface area (Å²) in [6.07, 6.45) is 1.63. The first-order valence-electron chi connectivity index (χ1n) is 19.0. The van der Waals surface area contributed by atoms with Gasteiger partial charge in [-0.05, 0) is 87.2 Å². The number of hydrogen-bond acceptors (Lipinski definition) is 11. The first-order chi connectivity index (χ1) is 27.1. The molecule has 0 amide bonds. The first-order valence-corrected chi connectivity index (χ1v) is 22.7. The Kier molecular flexibility index (Phi) is 16.9. The SMILES string of the molecule is COCOc1cc(OC)cc(C=CC[C@@H]2OC(C)(C)O[C@@H]2C(OC(=O)c2ccccc2)C(F)=CC[C@@H](C)OCc2ccc(OC)cc2)c1C(=O)OCC[Si](C)(C)C. The average Bonchev–Trinajstić information content (AvgIpc) is 3.50. The molecular formula is C44H57FO11Si. The Bertz CT molecular complexity index is 1810. The summed E-state index contributed by atoms with van der Waals surface area (Å²) in [5.74, 6) is -1.69. The zero-order valence-corrected chi connectivity index (χ0v) is 35.5. The molecule has 0 radical (unpaired) electrons. The maximum atomic E-state index is 16.4. The third-order valence-corrected chi connectivity index (χ3v) is 10.7. The summed E-state index contributed by atoms with van der Waals surface area (Å²) in [6, 6.07) is 20.0. The number of hydrogen-bond donors (Lipinski definition) is 0. The van der Waals surface area contributed by atoms with E-state index >= 15 is 4.39 Å². The van der Waals surface area contributed by atoms with Crippen LogP contribution >= 0.6 is 0 Å². The van der Waals surface area contributed by atoms with E-state index in [4.69, 9.17) is 42.6 Å². The van der Waals surface area contributed by atoms with E-state index in [2.05, 4.69) is 19.6 Å². The summed E-state index contributed by atoms with van der Waals surface area (Å²) in [5.41, 5.74) is 1.87. The van der Waals surface area contributed by atoms with E-state index in [0.717, 1.165) is 17.4 Å². The standard InChI is InChI=1S/C44H57FO11Si/c1-30(52-28-31-19-21-34(49-5)22-20-31)18-23-36(45)40(54-42(46)32-14-11-10-12-15-32)41-37(55-44(2,3)56-41)17-13-16-33-26-35(50-6)27-38(53-29-48-4)39(33)43(47)51-24-25-57(7,8)9/h10-16,19-23,26-27,30,37,40-41H,17-18,24-25,28-29H2,1-9H3/t30-,37+,40?,41+/m1/s1. The number of esters is 2. The average molecular weight is 809 g/mol. The second-order valence-electron chi connectivity index (χ2n) is 15.4. The van der Waals surface area contributed by atoms with Gasteiger partial charge < -0.3 is 42.6 Å². The second kappa shape index (κ2) is 21.3. The Hall–Kier alpha value is -4.53. The molecule has 1 unspecified atom stereocenters. The van der Waals surface area contributed by atoms with Crippen LogP contribution in [-0.4, -0.2) is 84.9 Å². The van der Waals surface area contributed by atoms with Crippen LogP contribution in [0.25, 0.3) is 6.08 Å². The van der Waals surface area contributed by atoms with Gasteiger partial charge in [0.1, 0.15) is 34.7 Å². The Labute approximate surface area is 337 Å². The van der Waals surface area contributed by atoms with Crippen molar-refractivity contribution >= 4 is 26.1 Å². The number of carbonyl (C=O) groups excluding carboxylic acids is 2. The van der Waals surface area contributed by atoms with Gasteiger partial charge in [-0.15, -0.1) is 0 Å². The molecule has 57 heavy (non-hydrogen) atoms. The van der Waals surface area contributed by atoms with Crippen molar-refractivity contribution in [2.24, 2.45) is 0 Å². The lowest BCUT2D eigenvalue weighted by Crippen LogP contribution is -2.39. The summed E-state index contributed by atoms with van der Waals surface area (Å²) in [5, 5.41) is 0. The molecule has 3 aromatic carbocycles. The molecule has 1 fully saturated rings. The van der Waals surface area contributed by atoms with E-state index in [1.165, 1.54) is 20.3 Å². The van der Waals surface area contributed by atoms with Crippen LogP contribution in [0.5, 0.6) is 17.2 Å². The number of ether oxygens (including phenoxy) is 9. The zero-order chi connectivity index (χ0) is 41.6. The predicted molar refractivity (Wildman–Crippen MR) is 218 cm³/mol. The summed E-state index contributed by atoms with van der Waals surface area (Å²) in [7, 11) is 3.12. The topological polar surface area (TPSA) is 117 Å². The molecule has 0 aliphatic carbocycles. The van der Waals surface area contributed by atoms with Gasteiger partial charge in [0, 0.05) is 21.3 Å². The predicted octanol–water partition coefficient (Wildman–Crippen LogP) is 9.18. The largest absolute Gasteiger partial charge is 0.497 e. The van der Waals surface area contributed by atoms with Crippen LogP contribution in [0, 0.1) is 0 Å². The Morgan fingerprint density at radius 1 is 0.930 bits per heavy atom. The van der Waals surface area contributed by atoms with Crippen molar-refractivity contribution in [2.45, 2.75) is 96.1 Å². The highest BCUT2D eigenvalue weighted by Crippen LogP contribution is 2.37. The van der Waals surface area contributed by atoms with E-state index in [1.807, 2.05) is 31.2 Å². The molecule has 0 spiro atoms. The van der Waals surface area contributed by atoms with Crippen molar-refractivity contribution in [1.82, 2.24) is 0 Å². The van der Waals surface area contributed by atoms with Crippen LogP contribution < -0.4 is 14.2 Å². The zero-order valence-electron chi connectivity index (χ0n) is 34.5. The van der Waals surface area contributed by atoms with Crippen molar-refractivity contribution in [3.8, 4) is 17.2 Å². The van der Waals surface area contributed by atoms with Gasteiger partial charge in [0.25, 0.3) is 0 Å². The van der Waals surface area contributed by atoms with Gasteiger partial charge >= 0.3 is 11.9 Å². The molecule has 0 saturated carbocycles. The van der Waals surface area contributed by atoms with Crippen LogP contribution in [0.4, 0.5) is 4.39 Å². The number of methoxy groups -OCH3 is 3. The first kappa shape index (κ1) is 45.2. The minimum absolute atomic E-state index is 0.106. The summed E-state index contributed by atoms with van der Waals surface area (Å²) in [6.45, 7) is 12.4. The van der Waals surface area contributed by atoms with E-state index in [1.54, 1.807) is 75.6 Å². The Morgan fingerprint density at radius 2 is 1.63 bits per heavy atom. The van der Waals surface area contributed by atoms with Gasteiger partial charge in [0.2, 0.25) is 0 Å². The third kappa shape index (κ3) is 14.1. The van der Waals surface area contributed by atoms with Gasteiger partial charge in [-0.3, -0.25) is 0 Å². The van der Waals surface area contributed by atoms with E-state index in [0.29, 0.717) is 17.9 Å². The van der Waals surface area contributed by atoms with Crippen molar-refractivity contribution in [1.29, 1.82) is 0 Å². The van der Waals surface area contributed by atoms with Crippen LogP contribution in [0.3, 0.4) is 0 Å². The quantitative estimate of drug-likeness (QED) is 0.0583. The lowest BCUT2D eigenvalue weighted by atomic mass is 10.0. The Morgan fingerprint density at radius 3 is 2.28 bits per heavy atom. The molecule has 1 saturated heterocycles. The van der Waals surface area contributed by atoms with Crippen LogP contribution in [-0.2, 0) is 35.0 Å². The van der Waals surface area contributed by atoms with Crippen molar-refractivity contribution in [3.05, 3.63) is 107 Å². The highest BCUT2D eigenvalue weighted by Gasteiger charge is 2.47. The van der Waals surface area contributed by atoms with E-state index in [9.17, 15) is 9.59 Å². The third-order valence-electron chi connectivity index (χ3n) is 9.00. The summed E-state index contributed by atoms with van der Waals surface area (Å²) in [4.78, 5) is 27.0. The highest BCUT2D eigenvalue weighted by molar-refractivity contribution is 6.76. The number of rotatable bonds is 21. The smallest absolute Gasteiger partial charge is 0.342 e. The van der Waals surface area contributed by atoms with E-state index in [-0.39, 0.29) is 49.2 Å². The monoisotopic (exact) mass is 808 g/mol. The molecule has 1 aliphatic rings. The van der Waals surface area contributed by atoms with E-state index < -0.39 is 49.9 Å². The number of carbonyl (C=O) groups is 2. The molecule has 0 aromatic heterocycles. The highest BCUT2D eigenvalue weighted by atomic mass is 28.3. The molecule has 0 N–H and O–H groups in total. The Balaban J connectivity index is 1.60. The fourth-order valence-electron chi connectivity index (χ4n) is 5.93. The molecule has 1 aliphatic heterocycles. The number of halogens is 1. The normalized spacial score (nSPS) is 17.9. The van der Waals surface area contributed by atoms with Gasteiger partial charge in [0.05, 0.1) is 45.2 Å². The maximum Gasteiger partial charge on any atom is 0.342 e. The molecule has 0 bridgehead atoms. The van der Waals surface area contributed by atoms with Crippen molar-refractivity contribution in [3.63, 3.8) is 0 Å². The van der Waals surface area contributed by atoms with Gasteiger partial charge in [-0.1, -0.05) is 62.1 Å². The lowest BCUT2D eigenvalue weighted by Gasteiger charge is -2.25. The molecule has 4 atom stereocenters. The molecule has 310 valence electrons. The maximum absolute atomic E-state index is 16.4. The molecule has 11 nitrogen and oxygen atoms in total. The molecular weight excluding hydrogens is 752 g/mol. The molecule has 13 heteroatoms. The summed E-state index contributed by atoms with van der Waals surface area (Å²) >= 11 is 0. The lowest BCUT2D eigenvalue weighted by molar-refractivity contribution is -0.154. The molecule has 4 rings (SSSR count). The van der Waals surface area contributed by atoms with Gasteiger partial charge in [0.15, 0.2) is 18.7 Å². The van der Waals surface area contributed by atoms with Crippen LogP contribution in [0.15, 0.2) is 84.7 Å². The van der Waals surface area contributed by atoms with Gasteiger partial charge in [-0.2, -0.15) is 0 Å².